The van der Waals surface area contributed by atoms with E-state index in [1.807, 2.05) is 6.92 Å². The maximum atomic E-state index is 13.0. The smallest absolute Gasteiger partial charge is 0.326 e. The van der Waals surface area contributed by atoms with Crippen molar-refractivity contribution in [1.82, 2.24) is 10.6 Å². The fraction of sp³-hybridized carbons (Fsp3) is 0.400. The number of benzene rings is 1. The standard InChI is InChI=1S/C15H19FN2O4/c1-3-9(2)13(15(21)22)18-12(19)8-17-14(20)10-5-4-6-11(16)7-10/h4-7,9,13H,3,8H2,1-2H3,(H,17,20)(H,18,19)(H,21,22). The Balaban J connectivity index is 2.55. The van der Waals surface area contributed by atoms with Crippen molar-refractivity contribution in [1.29, 1.82) is 0 Å². The summed E-state index contributed by atoms with van der Waals surface area (Å²) < 4.78 is 13.0. The molecule has 0 spiro atoms. The Morgan fingerprint density at radius 3 is 2.55 bits per heavy atom. The lowest BCUT2D eigenvalue weighted by Crippen LogP contribution is -2.48. The van der Waals surface area contributed by atoms with Gasteiger partial charge in [0.1, 0.15) is 11.9 Å². The second-order valence-corrected chi connectivity index (χ2v) is 4.96. The minimum Gasteiger partial charge on any atom is -0.480 e. The molecule has 0 aliphatic heterocycles. The predicted molar refractivity (Wildman–Crippen MR) is 77.8 cm³/mol. The summed E-state index contributed by atoms with van der Waals surface area (Å²) in [5.41, 5.74) is 0.0875. The van der Waals surface area contributed by atoms with Gasteiger partial charge in [-0.2, -0.15) is 0 Å². The number of hydrogen-bond donors (Lipinski definition) is 3. The highest BCUT2D eigenvalue weighted by molar-refractivity contribution is 5.96. The Morgan fingerprint density at radius 1 is 1.32 bits per heavy atom. The van der Waals surface area contributed by atoms with Crippen LogP contribution in [-0.4, -0.2) is 35.5 Å². The summed E-state index contributed by atoms with van der Waals surface area (Å²) in [5.74, 6) is -3.14. The zero-order valence-electron chi connectivity index (χ0n) is 12.4. The summed E-state index contributed by atoms with van der Waals surface area (Å²) in [7, 11) is 0. The first-order valence-corrected chi connectivity index (χ1v) is 6.91. The van der Waals surface area contributed by atoms with Crippen LogP contribution in [0.3, 0.4) is 0 Å². The number of aliphatic carboxylic acids is 1. The molecular weight excluding hydrogens is 291 g/mol. The molecule has 2 atom stereocenters. The van der Waals surface area contributed by atoms with Gasteiger partial charge >= 0.3 is 5.97 Å². The largest absolute Gasteiger partial charge is 0.480 e. The van der Waals surface area contributed by atoms with Crippen LogP contribution in [0.15, 0.2) is 24.3 Å². The van der Waals surface area contributed by atoms with Gasteiger partial charge in [-0.15, -0.1) is 0 Å². The summed E-state index contributed by atoms with van der Waals surface area (Å²) >= 11 is 0. The third-order valence-electron chi connectivity index (χ3n) is 3.29. The lowest BCUT2D eigenvalue weighted by molar-refractivity contribution is -0.143. The van der Waals surface area contributed by atoms with E-state index < -0.39 is 29.6 Å². The predicted octanol–water partition coefficient (Wildman–Crippen LogP) is 1.17. The molecule has 0 aliphatic rings. The Hall–Kier alpha value is -2.44. The normalized spacial score (nSPS) is 13.0. The molecule has 6 nitrogen and oxygen atoms in total. The van der Waals surface area contributed by atoms with Gasteiger partial charge in [-0.1, -0.05) is 26.3 Å². The van der Waals surface area contributed by atoms with Gasteiger partial charge in [0.15, 0.2) is 0 Å². The molecule has 0 bridgehead atoms. The van der Waals surface area contributed by atoms with E-state index in [9.17, 15) is 18.8 Å². The monoisotopic (exact) mass is 310 g/mol. The van der Waals surface area contributed by atoms with E-state index in [2.05, 4.69) is 10.6 Å². The number of rotatable bonds is 7. The van der Waals surface area contributed by atoms with E-state index in [0.29, 0.717) is 6.42 Å². The Labute approximate surface area is 127 Å². The number of amides is 2. The summed E-state index contributed by atoms with van der Waals surface area (Å²) in [6.45, 7) is 3.15. The molecule has 0 aliphatic carbocycles. The first-order chi connectivity index (χ1) is 10.3. The maximum absolute atomic E-state index is 13.0. The topological polar surface area (TPSA) is 95.5 Å². The lowest BCUT2D eigenvalue weighted by atomic mass is 9.99. The van der Waals surface area contributed by atoms with Crippen LogP contribution in [0, 0.1) is 11.7 Å². The molecule has 22 heavy (non-hydrogen) atoms. The van der Waals surface area contributed by atoms with E-state index in [1.165, 1.54) is 18.2 Å². The number of halogens is 1. The van der Waals surface area contributed by atoms with Crippen LogP contribution in [0.25, 0.3) is 0 Å². The molecule has 2 unspecified atom stereocenters. The van der Waals surface area contributed by atoms with Crippen molar-refractivity contribution in [3.63, 3.8) is 0 Å². The summed E-state index contributed by atoms with van der Waals surface area (Å²) in [5, 5.41) is 13.7. The highest BCUT2D eigenvalue weighted by atomic mass is 19.1. The quantitative estimate of drug-likeness (QED) is 0.704. The van der Waals surface area contributed by atoms with Crippen LogP contribution in [-0.2, 0) is 9.59 Å². The van der Waals surface area contributed by atoms with Gasteiger partial charge in [-0.05, 0) is 24.1 Å². The molecule has 0 heterocycles. The van der Waals surface area contributed by atoms with E-state index >= 15 is 0 Å². The molecule has 0 fully saturated rings. The van der Waals surface area contributed by atoms with Crippen LogP contribution in [0.4, 0.5) is 4.39 Å². The molecule has 1 rings (SSSR count). The number of hydrogen-bond acceptors (Lipinski definition) is 3. The number of carbonyl (C=O) groups excluding carboxylic acids is 2. The first-order valence-electron chi connectivity index (χ1n) is 6.91. The summed E-state index contributed by atoms with van der Waals surface area (Å²) in [6.07, 6.45) is 0.590. The second-order valence-electron chi connectivity index (χ2n) is 4.96. The van der Waals surface area contributed by atoms with Crippen molar-refractivity contribution < 1.29 is 23.9 Å². The Morgan fingerprint density at radius 2 is 2.00 bits per heavy atom. The Kier molecular flexibility index (Phi) is 6.49. The molecule has 3 N–H and O–H groups in total. The number of carboxylic acid groups (broad SMARTS) is 1. The molecule has 0 saturated carbocycles. The van der Waals surface area contributed by atoms with Crippen LogP contribution in [0.5, 0.6) is 0 Å². The number of carboxylic acids is 1. The van der Waals surface area contributed by atoms with Crippen LogP contribution in [0.1, 0.15) is 30.6 Å². The molecule has 1 aromatic carbocycles. The van der Waals surface area contributed by atoms with Gasteiger partial charge in [0.2, 0.25) is 5.91 Å². The minimum absolute atomic E-state index is 0.0875. The molecule has 0 radical (unpaired) electrons. The van der Waals surface area contributed by atoms with E-state index in [-0.39, 0.29) is 18.0 Å². The summed E-state index contributed by atoms with van der Waals surface area (Å²) in [6, 6.07) is 4.03. The van der Waals surface area contributed by atoms with Gasteiger partial charge in [0.05, 0.1) is 6.54 Å². The van der Waals surface area contributed by atoms with Crippen LogP contribution < -0.4 is 10.6 Å². The number of carbonyl (C=O) groups is 3. The van der Waals surface area contributed by atoms with Gasteiger partial charge in [-0.25, -0.2) is 9.18 Å². The number of nitrogens with one attached hydrogen (secondary N) is 2. The van der Waals surface area contributed by atoms with Crippen molar-refractivity contribution in [2.45, 2.75) is 26.3 Å². The zero-order valence-corrected chi connectivity index (χ0v) is 12.4. The molecule has 120 valence electrons. The highest BCUT2D eigenvalue weighted by Crippen LogP contribution is 2.07. The SMILES string of the molecule is CCC(C)C(NC(=O)CNC(=O)c1cccc(F)c1)C(=O)O. The molecule has 0 saturated heterocycles. The fourth-order valence-electron chi connectivity index (χ4n) is 1.80. The van der Waals surface area contributed by atoms with Crippen molar-refractivity contribution in [2.24, 2.45) is 5.92 Å². The van der Waals surface area contributed by atoms with Gasteiger partial charge in [-0.3, -0.25) is 9.59 Å². The second kappa shape index (κ2) is 8.11. The third-order valence-corrected chi connectivity index (χ3v) is 3.29. The van der Waals surface area contributed by atoms with Crippen molar-refractivity contribution >= 4 is 17.8 Å². The van der Waals surface area contributed by atoms with Gasteiger partial charge < -0.3 is 15.7 Å². The average molecular weight is 310 g/mol. The molecule has 7 heteroatoms. The molecule has 2 amide bonds. The molecule has 0 aromatic heterocycles. The maximum Gasteiger partial charge on any atom is 0.326 e. The van der Waals surface area contributed by atoms with Crippen molar-refractivity contribution in [2.75, 3.05) is 6.54 Å². The van der Waals surface area contributed by atoms with E-state index in [1.54, 1.807) is 6.92 Å². The highest BCUT2D eigenvalue weighted by Gasteiger charge is 2.25. The van der Waals surface area contributed by atoms with Crippen LogP contribution in [0.2, 0.25) is 0 Å². The van der Waals surface area contributed by atoms with Crippen molar-refractivity contribution in [3.05, 3.63) is 35.6 Å². The zero-order chi connectivity index (χ0) is 16.7. The average Bonchev–Trinajstić information content (AvgIpc) is 2.49. The Bertz CT molecular complexity index is 562. The van der Waals surface area contributed by atoms with E-state index in [0.717, 1.165) is 6.07 Å². The lowest BCUT2D eigenvalue weighted by Gasteiger charge is -2.20. The molecule has 1 aromatic rings. The minimum atomic E-state index is -1.13. The van der Waals surface area contributed by atoms with E-state index in [4.69, 9.17) is 5.11 Å². The van der Waals surface area contributed by atoms with Gasteiger partial charge in [0.25, 0.3) is 5.91 Å². The van der Waals surface area contributed by atoms with Gasteiger partial charge in [0, 0.05) is 5.56 Å². The van der Waals surface area contributed by atoms with Crippen LogP contribution >= 0.6 is 0 Å². The first kappa shape index (κ1) is 17.6. The summed E-state index contributed by atoms with van der Waals surface area (Å²) in [4.78, 5) is 34.5. The van der Waals surface area contributed by atoms with Crippen molar-refractivity contribution in [3.8, 4) is 0 Å². The fourth-order valence-corrected chi connectivity index (χ4v) is 1.80. The third kappa shape index (κ3) is 5.16. The molecular formula is C15H19FN2O4.